The van der Waals surface area contributed by atoms with E-state index in [0.717, 1.165) is 31.5 Å². The Kier molecular flexibility index (Phi) is 5.55. The molecule has 1 aromatic heterocycles. The van der Waals surface area contributed by atoms with Crippen LogP contribution >= 0.6 is 0 Å². The van der Waals surface area contributed by atoms with E-state index in [2.05, 4.69) is 10.3 Å². The van der Waals surface area contributed by atoms with Crippen molar-refractivity contribution in [2.75, 3.05) is 25.6 Å². The van der Waals surface area contributed by atoms with Crippen LogP contribution in [0.2, 0.25) is 0 Å². The molecule has 0 aliphatic carbocycles. The van der Waals surface area contributed by atoms with E-state index < -0.39 is 0 Å². The first-order valence-corrected chi connectivity index (χ1v) is 5.21. The second-order valence-corrected chi connectivity index (χ2v) is 3.30. The summed E-state index contributed by atoms with van der Waals surface area (Å²) in [5.74, 6) is 0.621. The molecule has 0 bridgehead atoms. The highest BCUT2D eigenvalue weighted by atomic mass is 16.5. The van der Waals surface area contributed by atoms with Crippen molar-refractivity contribution in [3.8, 4) is 5.88 Å². The number of anilines is 1. The first-order valence-electron chi connectivity index (χ1n) is 5.21. The van der Waals surface area contributed by atoms with Crippen molar-refractivity contribution in [1.82, 2.24) is 4.98 Å². The number of pyridine rings is 1. The molecule has 0 saturated heterocycles. The minimum Gasteiger partial charge on any atom is -0.481 e. The minimum atomic E-state index is 0.281. The Hall–Kier alpha value is -1.29. The fourth-order valence-electron chi connectivity index (χ4n) is 1.28. The first kappa shape index (κ1) is 11.8. The lowest BCUT2D eigenvalue weighted by Gasteiger charge is -2.06. The number of aromatic nitrogens is 1. The molecule has 0 aliphatic heterocycles. The van der Waals surface area contributed by atoms with Crippen LogP contribution in [-0.2, 0) is 0 Å². The Balaban J connectivity index is 2.24. The molecule has 1 rings (SSSR count). The lowest BCUT2D eigenvalue weighted by Crippen LogP contribution is -2.02. The van der Waals surface area contributed by atoms with Crippen LogP contribution in [0.3, 0.4) is 0 Å². The third-order valence-corrected chi connectivity index (χ3v) is 2.11. The largest absolute Gasteiger partial charge is 0.481 e. The maximum absolute atomic E-state index is 8.61. The number of aliphatic hydroxyl groups is 1. The maximum atomic E-state index is 8.61. The molecular weight excluding hydrogens is 192 g/mol. The van der Waals surface area contributed by atoms with E-state index in [0.29, 0.717) is 5.88 Å². The molecule has 1 aromatic rings. The summed E-state index contributed by atoms with van der Waals surface area (Å²) in [7, 11) is 1.60. The summed E-state index contributed by atoms with van der Waals surface area (Å²) in [4.78, 5) is 4.02. The molecule has 0 amide bonds. The fourth-order valence-corrected chi connectivity index (χ4v) is 1.28. The molecule has 84 valence electrons. The highest BCUT2D eigenvalue weighted by Gasteiger charge is 1.95. The van der Waals surface area contributed by atoms with Crippen molar-refractivity contribution in [2.24, 2.45) is 0 Å². The minimum absolute atomic E-state index is 0.281. The lowest BCUT2D eigenvalue weighted by molar-refractivity contribution is 0.283. The number of rotatable bonds is 7. The molecule has 0 spiro atoms. The van der Waals surface area contributed by atoms with E-state index >= 15 is 0 Å². The molecule has 4 nitrogen and oxygen atoms in total. The number of methoxy groups -OCH3 is 1. The van der Waals surface area contributed by atoms with Gasteiger partial charge in [0.15, 0.2) is 0 Å². The molecule has 0 atom stereocenters. The normalized spacial score (nSPS) is 10.0. The molecule has 0 aliphatic rings. The second-order valence-electron chi connectivity index (χ2n) is 3.30. The zero-order valence-electron chi connectivity index (χ0n) is 9.07. The summed E-state index contributed by atoms with van der Waals surface area (Å²) in [5.41, 5.74) is 1.02. The predicted molar refractivity (Wildman–Crippen MR) is 60.2 cm³/mol. The van der Waals surface area contributed by atoms with Gasteiger partial charge in [0.05, 0.1) is 7.11 Å². The Bertz CT molecular complexity index is 279. The van der Waals surface area contributed by atoms with Crippen LogP contribution in [0.5, 0.6) is 5.88 Å². The third-order valence-electron chi connectivity index (χ3n) is 2.11. The van der Waals surface area contributed by atoms with E-state index in [1.807, 2.05) is 12.1 Å². The Labute approximate surface area is 90.3 Å². The van der Waals surface area contributed by atoms with Crippen LogP contribution in [-0.4, -0.2) is 30.4 Å². The Morgan fingerprint density at radius 3 is 3.00 bits per heavy atom. The fraction of sp³-hybridized carbons (Fsp3) is 0.545. The molecule has 4 heteroatoms. The van der Waals surface area contributed by atoms with Crippen molar-refractivity contribution in [3.05, 3.63) is 18.3 Å². The summed E-state index contributed by atoms with van der Waals surface area (Å²) >= 11 is 0. The monoisotopic (exact) mass is 210 g/mol. The van der Waals surface area contributed by atoms with Gasteiger partial charge in [-0.25, -0.2) is 4.98 Å². The average Bonchev–Trinajstić information content (AvgIpc) is 2.29. The van der Waals surface area contributed by atoms with Crippen molar-refractivity contribution < 1.29 is 9.84 Å². The number of hydrogen-bond acceptors (Lipinski definition) is 4. The average molecular weight is 210 g/mol. The highest BCUT2D eigenvalue weighted by molar-refractivity contribution is 5.44. The quantitative estimate of drug-likeness (QED) is 0.672. The molecule has 1 heterocycles. The summed E-state index contributed by atoms with van der Waals surface area (Å²) < 4.78 is 5.02. The smallest absolute Gasteiger partial charge is 0.214 e. The van der Waals surface area contributed by atoms with Gasteiger partial charge in [-0.1, -0.05) is 0 Å². The van der Waals surface area contributed by atoms with Gasteiger partial charge in [0, 0.05) is 31.1 Å². The summed E-state index contributed by atoms with van der Waals surface area (Å²) in [6.45, 7) is 1.19. The van der Waals surface area contributed by atoms with E-state index in [1.165, 1.54) is 0 Å². The summed E-state index contributed by atoms with van der Waals surface area (Å²) in [5, 5.41) is 11.9. The number of unbranched alkanes of at least 4 members (excludes halogenated alkanes) is 2. The van der Waals surface area contributed by atoms with E-state index in [4.69, 9.17) is 9.84 Å². The van der Waals surface area contributed by atoms with Crippen LogP contribution in [0, 0.1) is 0 Å². The van der Waals surface area contributed by atoms with Crippen molar-refractivity contribution in [3.63, 3.8) is 0 Å². The van der Waals surface area contributed by atoms with Crippen LogP contribution in [0.4, 0.5) is 5.69 Å². The molecule has 15 heavy (non-hydrogen) atoms. The summed E-state index contributed by atoms with van der Waals surface area (Å²) in [6.07, 6.45) is 4.70. The molecular formula is C11H18N2O2. The second kappa shape index (κ2) is 7.06. The number of ether oxygens (including phenoxy) is 1. The van der Waals surface area contributed by atoms with E-state index in [-0.39, 0.29) is 6.61 Å². The molecule has 2 N–H and O–H groups in total. The van der Waals surface area contributed by atoms with E-state index in [9.17, 15) is 0 Å². The summed E-state index contributed by atoms with van der Waals surface area (Å²) in [6, 6.07) is 3.78. The molecule has 0 unspecified atom stereocenters. The van der Waals surface area contributed by atoms with Gasteiger partial charge >= 0.3 is 0 Å². The van der Waals surface area contributed by atoms with Gasteiger partial charge in [0.1, 0.15) is 0 Å². The number of hydrogen-bond donors (Lipinski definition) is 2. The number of nitrogens with zero attached hydrogens (tertiary/aromatic N) is 1. The molecule has 0 radical (unpaired) electrons. The van der Waals surface area contributed by atoms with Gasteiger partial charge < -0.3 is 15.2 Å². The van der Waals surface area contributed by atoms with Crippen molar-refractivity contribution in [2.45, 2.75) is 19.3 Å². The van der Waals surface area contributed by atoms with Gasteiger partial charge in [-0.3, -0.25) is 0 Å². The van der Waals surface area contributed by atoms with Gasteiger partial charge in [0.2, 0.25) is 5.88 Å². The van der Waals surface area contributed by atoms with Crippen LogP contribution in [0.15, 0.2) is 18.3 Å². The van der Waals surface area contributed by atoms with Crippen LogP contribution < -0.4 is 10.1 Å². The maximum Gasteiger partial charge on any atom is 0.214 e. The van der Waals surface area contributed by atoms with Gasteiger partial charge in [0.25, 0.3) is 0 Å². The van der Waals surface area contributed by atoms with Gasteiger partial charge in [-0.05, 0) is 25.3 Å². The Morgan fingerprint density at radius 1 is 1.40 bits per heavy atom. The van der Waals surface area contributed by atoms with Crippen molar-refractivity contribution >= 4 is 5.69 Å². The Morgan fingerprint density at radius 2 is 2.27 bits per heavy atom. The molecule has 0 fully saturated rings. The standard InChI is InChI=1S/C11H18N2O2/c1-15-11-9-10(5-7-13-11)12-6-3-2-4-8-14/h5,7,9,14H,2-4,6,8H2,1H3,(H,12,13). The lowest BCUT2D eigenvalue weighted by atomic mass is 10.2. The predicted octanol–water partition coefficient (Wildman–Crippen LogP) is 1.66. The van der Waals surface area contributed by atoms with E-state index in [1.54, 1.807) is 13.3 Å². The first-order chi connectivity index (χ1) is 7.36. The molecule has 0 saturated carbocycles. The number of nitrogens with one attached hydrogen (secondary N) is 1. The molecule has 0 aromatic carbocycles. The SMILES string of the molecule is COc1cc(NCCCCCO)ccn1. The topological polar surface area (TPSA) is 54.4 Å². The van der Waals surface area contributed by atoms with Crippen LogP contribution in [0.25, 0.3) is 0 Å². The zero-order chi connectivity index (χ0) is 10.9. The van der Waals surface area contributed by atoms with Crippen LogP contribution in [0.1, 0.15) is 19.3 Å². The zero-order valence-corrected chi connectivity index (χ0v) is 9.07. The highest BCUT2D eigenvalue weighted by Crippen LogP contribution is 2.13. The number of aliphatic hydroxyl groups excluding tert-OH is 1. The van der Waals surface area contributed by atoms with Crippen molar-refractivity contribution in [1.29, 1.82) is 0 Å². The van der Waals surface area contributed by atoms with Gasteiger partial charge in [-0.15, -0.1) is 0 Å². The third kappa shape index (κ3) is 4.65. The van der Waals surface area contributed by atoms with Gasteiger partial charge in [-0.2, -0.15) is 0 Å².